The number of hydrogen-bond acceptors (Lipinski definition) is 11. The van der Waals surface area contributed by atoms with Crippen LogP contribution in [0.15, 0.2) is 34.9 Å². The number of hydrogen-bond donors (Lipinski definition) is 2. The van der Waals surface area contributed by atoms with Crippen molar-refractivity contribution in [3.8, 4) is 11.6 Å². The number of fused-ring (bicyclic) bond motifs is 1. The third-order valence-corrected chi connectivity index (χ3v) is 7.48. The van der Waals surface area contributed by atoms with Gasteiger partial charge in [0.15, 0.2) is 5.76 Å². The molecule has 0 saturated carbocycles. The molecular weight excluding hydrogens is 558 g/mol. The van der Waals surface area contributed by atoms with Crippen LogP contribution in [0.3, 0.4) is 0 Å². The molecule has 3 N–H and O–H groups in total. The number of rotatable bonds is 10. The molecule has 1 unspecified atom stereocenters. The van der Waals surface area contributed by atoms with Crippen LogP contribution in [-0.4, -0.2) is 109 Å². The van der Waals surface area contributed by atoms with Crippen LogP contribution in [0.5, 0.6) is 0 Å². The normalized spacial score (nSPS) is 14.9. The molecule has 13 nitrogen and oxygen atoms in total. The minimum Gasteiger partial charge on any atom is -0.461 e. The Morgan fingerprint density at radius 2 is 1.95 bits per heavy atom. The van der Waals surface area contributed by atoms with Gasteiger partial charge in [-0.3, -0.25) is 13.9 Å². The summed E-state index contributed by atoms with van der Waals surface area (Å²) in [6.45, 7) is 3.62. The maximum atomic E-state index is 14.7. The van der Waals surface area contributed by atoms with Gasteiger partial charge in [-0.1, -0.05) is 0 Å². The summed E-state index contributed by atoms with van der Waals surface area (Å²) in [4.78, 5) is 31.0. The van der Waals surface area contributed by atoms with Crippen molar-refractivity contribution >= 4 is 40.1 Å². The summed E-state index contributed by atoms with van der Waals surface area (Å²) in [6, 6.07) is 5.49. The average Bonchev–Trinajstić information content (AvgIpc) is 3.63. The largest absolute Gasteiger partial charge is 0.461 e. The minimum atomic E-state index is -1.09. The molecule has 218 valence electrons. The lowest BCUT2D eigenvalue weighted by atomic mass is 10.1. The number of nitrogen functional groups attached to an aromatic ring is 1. The number of halogens is 2. The van der Waals surface area contributed by atoms with Crippen LogP contribution in [-0.2, 0) is 10.8 Å². The Morgan fingerprint density at radius 3 is 2.66 bits per heavy atom. The molecule has 41 heavy (non-hydrogen) atoms. The Bertz CT molecular complexity index is 1560. The molecule has 0 aliphatic carbocycles. The van der Waals surface area contributed by atoms with E-state index < -0.39 is 28.3 Å². The quantitative estimate of drug-likeness (QED) is 0.276. The Morgan fingerprint density at radius 1 is 1.17 bits per heavy atom. The molecule has 1 atom stereocenters. The van der Waals surface area contributed by atoms with E-state index in [4.69, 9.17) is 10.2 Å². The van der Waals surface area contributed by atoms with Gasteiger partial charge in [0.25, 0.3) is 11.7 Å². The Kier molecular flexibility index (Phi) is 8.39. The van der Waals surface area contributed by atoms with E-state index >= 15 is 0 Å². The lowest BCUT2D eigenvalue weighted by Crippen LogP contribution is -2.48. The first-order valence-electron chi connectivity index (χ1n) is 12.9. The molecule has 0 bridgehead atoms. The Labute approximate surface area is 236 Å². The fourth-order valence-electron chi connectivity index (χ4n) is 4.45. The van der Waals surface area contributed by atoms with Gasteiger partial charge in [-0.15, -0.1) is 5.10 Å². The number of benzene rings is 1. The van der Waals surface area contributed by atoms with Gasteiger partial charge in [0, 0.05) is 81.7 Å². The molecule has 4 aromatic rings. The maximum Gasteiger partial charge on any atom is 0.259 e. The van der Waals surface area contributed by atoms with Crippen LogP contribution in [0.4, 0.5) is 26.4 Å². The Hall–Kier alpha value is -4.18. The minimum absolute atomic E-state index is 0.127. The zero-order valence-electron chi connectivity index (χ0n) is 22.6. The number of anilines is 3. The highest BCUT2D eigenvalue weighted by Gasteiger charge is 2.24. The van der Waals surface area contributed by atoms with Crippen molar-refractivity contribution in [3.63, 3.8) is 0 Å². The second-order valence-electron chi connectivity index (χ2n) is 9.57. The third-order valence-electron chi connectivity index (χ3n) is 6.73. The number of carbonyl (C=O) groups excluding carboxylic acids is 1. The number of piperazine rings is 1. The molecule has 3 aromatic heterocycles. The number of furan rings is 1. The number of aromatic nitrogens is 5. The number of nitrogens with two attached hydrogens (primary N) is 1. The van der Waals surface area contributed by atoms with Crippen LogP contribution in [0, 0.1) is 11.6 Å². The van der Waals surface area contributed by atoms with Gasteiger partial charge in [-0.05, 0) is 18.2 Å². The first kappa shape index (κ1) is 28.4. The molecule has 1 aliphatic rings. The van der Waals surface area contributed by atoms with Gasteiger partial charge in [-0.2, -0.15) is 19.5 Å². The van der Waals surface area contributed by atoms with Crippen molar-refractivity contribution in [3.05, 3.63) is 47.7 Å². The van der Waals surface area contributed by atoms with E-state index in [0.29, 0.717) is 56.8 Å². The molecule has 1 aromatic carbocycles. The van der Waals surface area contributed by atoms with Crippen LogP contribution in [0.2, 0.25) is 0 Å². The van der Waals surface area contributed by atoms with Crippen LogP contribution < -0.4 is 16.0 Å². The molecule has 5 rings (SSSR count). The lowest BCUT2D eigenvalue weighted by molar-refractivity contribution is 0.0799. The molecule has 1 saturated heterocycles. The summed E-state index contributed by atoms with van der Waals surface area (Å²) in [5, 5.41) is 7.42. The van der Waals surface area contributed by atoms with Crippen LogP contribution >= 0.6 is 0 Å². The molecule has 1 amide bonds. The fourth-order valence-corrected chi connectivity index (χ4v) is 4.98. The van der Waals surface area contributed by atoms with E-state index in [1.165, 1.54) is 35.0 Å². The lowest BCUT2D eigenvalue weighted by Gasteiger charge is -2.36. The van der Waals surface area contributed by atoms with Gasteiger partial charge in [-0.25, -0.2) is 8.78 Å². The first-order chi connectivity index (χ1) is 19.7. The van der Waals surface area contributed by atoms with Gasteiger partial charge < -0.3 is 25.3 Å². The van der Waals surface area contributed by atoms with Crippen LogP contribution in [0.1, 0.15) is 10.4 Å². The van der Waals surface area contributed by atoms with Crippen molar-refractivity contribution in [2.45, 2.75) is 0 Å². The van der Waals surface area contributed by atoms with Crippen molar-refractivity contribution in [2.75, 3.05) is 80.8 Å². The number of nitrogens with one attached hydrogen (secondary N) is 1. The fraction of sp³-hybridized carbons (Fsp3) is 0.400. The van der Waals surface area contributed by atoms with Crippen molar-refractivity contribution in [2.24, 2.45) is 0 Å². The summed E-state index contributed by atoms with van der Waals surface area (Å²) in [5.74, 6) is -0.388. The molecule has 1 aliphatic heterocycles. The number of amides is 1. The highest BCUT2D eigenvalue weighted by Crippen LogP contribution is 2.25. The van der Waals surface area contributed by atoms with E-state index in [1.54, 1.807) is 17.0 Å². The highest BCUT2D eigenvalue weighted by molar-refractivity contribution is 7.84. The van der Waals surface area contributed by atoms with E-state index in [1.807, 2.05) is 0 Å². The van der Waals surface area contributed by atoms with Crippen molar-refractivity contribution in [1.29, 1.82) is 0 Å². The molecule has 16 heteroatoms. The molecular formula is C25H30F2N10O3S. The van der Waals surface area contributed by atoms with Gasteiger partial charge in [0.05, 0.1) is 17.5 Å². The van der Waals surface area contributed by atoms with Gasteiger partial charge in [0.1, 0.15) is 11.6 Å². The molecule has 4 heterocycles. The third kappa shape index (κ3) is 6.43. The van der Waals surface area contributed by atoms with Crippen molar-refractivity contribution in [1.82, 2.24) is 34.4 Å². The monoisotopic (exact) mass is 588 g/mol. The summed E-state index contributed by atoms with van der Waals surface area (Å²) in [6.07, 6.45) is 3.06. The molecule has 0 radical (unpaired) electrons. The predicted molar refractivity (Wildman–Crippen MR) is 150 cm³/mol. The topological polar surface area (TPSA) is 151 Å². The van der Waals surface area contributed by atoms with Gasteiger partial charge >= 0.3 is 0 Å². The SMILES string of the molecule is CN(CCS(C)=O)C(=O)c1cc(N2CCN(CCNc3nc(N)n4nc(-c5ccco5)nc4n3)CC2)c(F)cc1F. The Balaban J connectivity index is 1.16. The second kappa shape index (κ2) is 12.1. The van der Waals surface area contributed by atoms with E-state index in [2.05, 4.69) is 30.3 Å². The first-order valence-corrected chi connectivity index (χ1v) is 14.6. The van der Waals surface area contributed by atoms with Crippen molar-refractivity contribution < 1.29 is 22.2 Å². The zero-order valence-corrected chi connectivity index (χ0v) is 23.4. The average molecular weight is 589 g/mol. The maximum absolute atomic E-state index is 14.7. The summed E-state index contributed by atoms with van der Waals surface area (Å²) in [5.41, 5.74) is 6.01. The summed E-state index contributed by atoms with van der Waals surface area (Å²) >= 11 is 0. The highest BCUT2D eigenvalue weighted by atomic mass is 32.2. The standard InChI is InChI=1S/C25H30F2N10O3S/c1-34(11-13-41(2)39)22(38)16-14-19(18(27)15-17(16)26)36-9-7-35(8-10-36)6-5-29-24-31-23(28)37-25(32-24)30-21(33-37)20-4-3-12-40-20/h3-4,12,14-15H,5-11,13H2,1-2H3,(H3,28,29,30,31,32,33). The smallest absolute Gasteiger partial charge is 0.259 e. The van der Waals surface area contributed by atoms with E-state index in [-0.39, 0.29) is 35.3 Å². The number of nitrogens with zero attached hydrogens (tertiary/aromatic N) is 8. The van der Waals surface area contributed by atoms with Gasteiger partial charge in [0.2, 0.25) is 17.7 Å². The molecule has 0 spiro atoms. The van der Waals surface area contributed by atoms with E-state index in [9.17, 15) is 17.8 Å². The van der Waals surface area contributed by atoms with E-state index in [0.717, 1.165) is 6.07 Å². The summed E-state index contributed by atoms with van der Waals surface area (Å²) in [7, 11) is 0.414. The molecule has 1 fully saturated rings. The summed E-state index contributed by atoms with van der Waals surface area (Å²) < 4.78 is 47.3. The second-order valence-corrected chi connectivity index (χ2v) is 11.1. The predicted octanol–water partition coefficient (Wildman–Crippen LogP) is 1.32. The number of carbonyl (C=O) groups is 1. The zero-order chi connectivity index (χ0) is 29.1. The van der Waals surface area contributed by atoms with Crippen LogP contribution in [0.25, 0.3) is 17.4 Å².